The number of amides is 1. The summed E-state index contributed by atoms with van der Waals surface area (Å²) >= 11 is 3.54. The average molecular weight is 479 g/mol. The van der Waals surface area contributed by atoms with Gasteiger partial charge in [-0.25, -0.2) is 0 Å². The molecule has 1 aliphatic heterocycles. The number of rotatable bonds is 7. The molecule has 0 aliphatic carbocycles. The van der Waals surface area contributed by atoms with E-state index in [4.69, 9.17) is 4.74 Å². The third-order valence-electron chi connectivity index (χ3n) is 5.67. The molecule has 3 aromatic carbocycles. The molecular formula is C26H27BrN2O2. The van der Waals surface area contributed by atoms with Gasteiger partial charge in [0.15, 0.2) is 0 Å². The lowest BCUT2D eigenvalue weighted by Crippen LogP contribution is -2.50. The Balaban J connectivity index is 1.36. The summed E-state index contributed by atoms with van der Waals surface area (Å²) in [4.78, 5) is 17.0. The molecular weight excluding hydrogens is 452 g/mol. The van der Waals surface area contributed by atoms with E-state index in [0.717, 1.165) is 23.1 Å². The first-order valence-corrected chi connectivity index (χ1v) is 11.4. The van der Waals surface area contributed by atoms with E-state index in [1.54, 1.807) is 0 Å². The van der Waals surface area contributed by atoms with Gasteiger partial charge in [0.2, 0.25) is 5.91 Å². The molecule has 1 unspecified atom stereocenters. The number of carbonyl (C=O) groups is 1. The summed E-state index contributed by atoms with van der Waals surface area (Å²) in [7, 11) is 0. The van der Waals surface area contributed by atoms with Gasteiger partial charge >= 0.3 is 0 Å². The van der Waals surface area contributed by atoms with E-state index in [2.05, 4.69) is 69.4 Å². The highest BCUT2D eigenvalue weighted by molar-refractivity contribution is 9.10. The van der Waals surface area contributed by atoms with Crippen molar-refractivity contribution in [3.05, 3.63) is 106 Å². The summed E-state index contributed by atoms with van der Waals surface area (Å²) in [6.45, 7) is 3.69. The van der Waals surface area contributed by atoms with Crippen LogP contribution in [0.15, 0.2) is 89.4 Å². The van der Waals surface area contributed by atoms with Crippen LogP contribution < -0.4 is 0 Å². The number of benzene rings is 3. The highest BCUT2D eigenvalue weighted by Crippen LogP contribution is 2.30. The van der Waals surface area contributed by atoms with Crippen molar-refractivity contribution >= 4 is 21.8 Å². The Bertz CT molecular complexity index is 956. The zero-order valence-corrected chi connectivity index (χ0v) is 19.1. The van der Waals surface area contributed by atoms with Crippen LogP contribution in [0, 0.1) is 0 Å². The van der Waals surface area contributed by atoms with Crippen molar-refractivity contribution in [1.82, 2.24) is 9.80 Å². The predicted octanol–water partition coefficient (Wildman–Crippen LogP) is 4.90. The van der Waals surface area contributed by atoms with Gasteiger partial charge in [-0.1, -0.05) is 88.7 Å². The second-order valence-electron chi connectivity index (χ2n) is 7.76. The number of hydrogen-bond donors (Lipinski definition) is 0. The lowest BCUT2D eigenvalue weighted by atomic mass is 9.96. The fourth-order valence-corrected chi connectivity index (χ4v) is 4.31. The topological polar surface area (TPSA) is 32.8 Å². The van der Waals surface area contributed by atoms with Crippen LogP contribution in [0.4, 0.5) is 0 Å². The molecule has 160 valence electrons. The molecule has 1 atom stereocenters. The minimum Gasteiger partial charge on any atom is -0.367 e. The molecule has 31 heavy (non-hydrogen) atoms. The van der Waals surface area contributed by atoms with Gasteiger partial charge in [-0.05, 0) is 28.8 Å². The van der Waals surface area contributed by atoms with Crippen LogP contribution in [0.3, 0.4) is 0 Å². The Labute approximate surface area is 192 Å². The van der Waals surface area contributed by atoms with Gasteiger partial charge in [0.05, 0.1) is 12.6 Å². The highest BCUT2D eigenvalue weighted by Gasteiger charge is 2.28. The Kier molecular flexibility index (Phi) is 7.52. The maximum absolute atomic E-state index is 12.6. The lowest BCUT2D eigenvalue weighted by Gasteiger charge is -2.39. The smallest absolute Gasteiger partial charge is 0.248 e. The van der Waals surface area contributed by atoms with E-state index in [1.165, 1.54) is 11.1 Å². The number of piperazine rings is 1. The molecule has 0 saturated carbocycles. The zero-order chi connectivity index (χ0) is 21.5. The quantitative estimate of drug-likeness (QED) is 0.484. The molecule has 0 bridgehead atoms. The lowest BCUT2D eigenvalue weighted by molar-refractivity contribution is -0.138. The minimum absolute atomic E-state index is 0.0653. The monoisotopic (exact) mass is 478 g/mol. The van der Waals surface area contributed by atoms with Crippen LogP contribution in [0.5, 0.6) is 0 Å². The Hall–Kier alpha value is -2.47. The maximum atomic E-state index is 12.6. The molecule has 0 aromatic heterocycles. The molecule has 0 N–H and O–H groups in total. The third kappa shape index (κ3) is 5.82. The third-order valence-corrected chi connectivity index (χ3v) is 6.20. The number of carbonyl (C=O) groups excluding carboxylic acids is 1. The molecule has 4 rings (SSSR count). The standard InChI is InChI=1S/C26H27BrN2O2/c27-24-13-11-23(12-14-24)26(22-9-5-2-6-10-22)29-17-15-28(16-18-29)25(30)20-31-19-21-7-3-1-4-8-21/h1-14,26H,15-20H2. The molecule has 1 aliphatic rings. The van der Waals surface area contributed by atoms with E-state index < -0.39 is 0 Å². The van der Waals surface area contributed by atoms with Crippen molar-refractivity contribution in [3.63, 3.8) is 0 Å². The highest BCUT2D eigenvalue weighted by atomic mass is 79.9. The largest absolute Gasteiger partial charge is 0.367 e. The minimum atomic E-state index is 0.0653. The van der Waals surface area contributed by atoms with E-state index >= 15 is 0 Å². The van der Waals surface area contributed by atoms with Gasteiger partial charge in [-0.2, -0.15) is 0 Å². The Morgan fingerprint density at radius 3 is 2.03 bits per heavy atom. The van der Waals surface area contributed by atoms with Crippen LogP contribution in [0.25, 0.3) is 0 Å². The maximum Gasteiger partial charge on any atom is 0.248 e. The number of nitrogens with zero attached hydrogens (tertiary/aromatic N) is 2. The van der Waals surface area contributed by atoms with Gasteiger partial charge in [0, 0.05) is 30.7 Å². The van der Waals surface area contributed by atoms with E-state index in [9.17, 15) is 4.79 Å². The van der Waals surface area contributed by atoms with E-state index in [1.807, 2.05) is 41.3 Å². The van der Waals surface area contributed by atoms with Crippen LogP contribution >= 0.6 is 15.9 Å². The molecule has 1 fully saturated rings. The number of halogens is 1. The van der Waals surface area contributed by atoms with Gasteiger partial charge in [-0.3, -0.25) is 9.69 Å². The van der Waals surface area contributed by atoms with Crippen molar-refractivity contribution in [2.45, 2.75) is 12.6 Å². The first kappa shape index (κ1) is 21.8. The van der Waals surface area contributed by atoms with Crippen LogP contribution in [-0.2, 0) is 16.1 Å². The van der Waals surface area contributed by atoms with Crippen molar-refractivity contribution in [1.29, 1.82) is 0 Å². The van der Waals surface area contributed by atoms with Crippen molar-refractivity contribution in [2.75, 3.05) is 32.8 Å². The summed E-state index contributed by atoms with van der Waals surface area (Å²) in [6, 6.07) is 29.3. The van der Waals surface area contributed by atoms with Gasteiger partial charge in [0.25, 0.3) is 0 Å². The summed E-state index contributed by atoms with van der Waals surface area (Å²) in [5.41, 5.74) is 3.62. The van der Waals surface area contributed by atoms with E-state index in [0.29, 0.717) is 19.7 Å². The van der Waals surface area contributed by atoms with E-state index in [-0.39, 0.29) is 18.6 Å². The summed E-state index contributed by atoms with van der Waals surface area (Å²) < 4.78 is 6.73. The second kappa shape index (κ2) is 10.7. The summed E-state index contributed by atoms with van der Waals surface area (Å²) in [5, 5.41) is 0. The molecule has 1 saturated heterocycles. The van der Waals surface area contributed by atoms with Gasteiger partial charge < -0.3 is 9.64 Å². The van der Waals surface area contributed by atoms with Gasteiger partial charge in [-0.15, -0.1) is 0 Å². The summed E-state index contributed by atoms with van der Waals surface area (Å²) in [5.74, 6) is 0.0653. The second-order valence-corrected chi connectivity index (χ2v) is 8.68. The van der Waals surface area contributed by atoms with Crippen molar-refractivity contribution in [2.24, 2.45) is 0 Å². The fraction of sp³-hybridized carbons (Fsp3) is 0.269. The fourth-order valence-electron chi connectivity index (χ4n) is 4.05. The number of ether oxygens (including phenoxy) is 1. The predicted molar refractivity (Wildman–Crippen MR) is 127 cm³/mol. The van der Waals surface area contributed by atoms with Crippen LogP contribution in [0.1, 0.15) is 22.7 Å². The first-order chi connectivity index (χ1) is 15.2. The molecule has 1 amide bonds. The normalized spacial score (nSPS) is 15.6. The Morgan fingerprint density at radius 2 is 1.39 bits per heavy atom. The SMILES string of the molecule is O=C(COCc1ccccc1)N1CCN(C(c2ccccc2)c2ccc(Br)cc2)CC1. The molecule has 4 nitrogen and oxygen atoms in total. The molecule has 5 heteroatoms. The molecule has 0 spiro atoms. The molecule has 1 heterocycles. The molecule has 0 radical (unpaired) electrons. The first-order valence-electron chi connectivity index (χ1n) is 10.6. The van der Waals surface area contributed by atoms with Crippen molar-refractivity contribution < 1.29 is 9.53 Å². The summed E-state index contributed by atoms with van der Waals surface area (Å²) in [6.07, 6.45) is 0. The van der Waals surface area contributed by atoms with Crippen LogP contribution in [-0.4, -0.2) is 48.5 Å². The molecule has 3 aromatic rings. The van der Waals surface area contributed by atoms with Crippen LogP contribution in [0.2, 0.25) is 0 Å². The van der Waals surface area contributed by atoms with Crippen molar-refractivity contribution in [3.8, 4) is 0 Å². The Morgan fingerprint density at radius 1 is 0.806 bits per heavy atom. The van der Waals surface area contributed by atoms with Gasteiger partial charge in [0.1, 0.15) is 6.61 Å². The average Bonchev–Trinajstić information content (AvgIpc) is 2.82. The number of hydrogen-bond acceptors (Lipinski definition) is 3. The zero-order valence-electron chi connectivity index (χ0n) is 17.5.